The normalized spacial score (nSPS) is 16.1. The van der Waals surface area contributed by atoms with Crippen molar-refractivity contribution < 1.29 is 9.32 Å². The second-order valence-corrected chi connectivity index (χ2v) is 5.07. The molecular formula is C15H13N3O2. The first-order valence-corrected chi connectivity index (χ1v) is 6.43. The number of aromatic nitrogens is 1. The van der Waals surface area contributed by atoms with Crippen molar-refractivity contribution in [3.05, 3.63) is 41.7 Å². The van der Waals surface area contributed by atoms with E-state index in [0.29, 0.717) is 29.9 Å². The molecule has 0 unspecified atom stereocenters. The fourth-order valence-electron chi connectivity index (χ4n) is 2.53. The van der Waals surface area contributed by atoms with Gasteiger partial charge in [-0.3, -0.25) is 4.79 Å². The molecule has 1 aliphatic carbocycles. The maximum Gasteiger partial charge on any atom is 0.231 e. The second kappa shape index (κ2) is 4.49. The van der Waals surface area contributed by atoms with Gasteiger partial charge in [0.05, 0.1) is 11.6 Å². The molecule has 1 aliphatic rings. The van der Waals surface area contributed by atoms with Crippen molar-refractivity contribution in [3.63, 3.8) is 0 Å². The van der Waals surface area contributed by atoms with Gasteiger partial charge in [-0.05, 0) is 25.0 Å². The van der Waals surface area contributed by atoms with Gasteiger partial charge in [0.2, 0.25) is 5.91 Å². The Morgan fingerprint density at radius 2 is 2.20 bits per heavy atom. The molecule has 3 rings (SSSR count). The predicted molar refractivity (Wildman–Crippen MR) is 71.4 cm³/mol. The lowest BCUT2D eigenvalue weighted by Crippen LogP contribution is -2.46. The van der Waals surface area contributed by atoms with Crippen LogP contribution in [0.2, 0.25) is 0 Å². The van der Waals surface area contributed by atoms with Crippen LogP contribution in [0.25, 0.3) is 11.3 Å². The molecule has 0 radical (unpaired) electrons. The Kier molecular flexibility index (Phi) is 2.79. The standard InChI is InChI=1S/C15H13N3O2/c16-9-10-3-1-4-11(7-10)12-8-13(20-18-12)15(14(17)19)5-2-6-15/h1,3-4,7-8H,2,5-6H2,(H2,17,19). The van der Waals surface area contributed by atoms with Gasteiger partial charge in [0.1, 0.15) is 11.1 Å². The van der Waals surface area contributed by atoms with Gasteiger partial charge in [-0.25, -0.2) is 0 Å². The summed E-state index contributed by atoms with van der Waals surface area (Å²) in [5.41, 5.74) is 6.75. The van der Waals surface area contributed by atoms with E-state index in [1.54, 1.807) is 24.3 Å². The van der Waals surface area contributed by atoms with Crippen LogP contribution in [0.1, 0.15) is 30.6 Å². The largest absolute Gasteiger partial charge is 0.369 e. The first-order chi connectivity index (χ1) is 9.65. The monoisotopic (exact) mass is 267 g/mol. The molecule has 0 aliphatic heterocycles. The van der Waals surface area contributed by atoms with Crippen LogP contribution in [0.5, 0.6) is 0 Å². The molecule has 2 N–H and O–H groups in total. The SMILES string of the molecule is N#Cc1cccc(-c2cc(C3(C(N)=O)CCC3)on2)c1. The summed E-state index contributed by atoms with van der Waals surface area (Å²) in [7, 11) is 0. The van der Waals surface area contributed by atoms with Crippen LogP contribution < -0.4 is 5.73 Å². The Bertz CT molecular complexity index is 708. The van der Waals surface area contributed by atoms with E-state index in [1.807, 2.05) is 6.07 Å². The van der Waals surface area contributed by atoms with Crippen LogP contribution in [0.15, 0.2) is 34.9 Å². The molecule has 0 saturated heterocycles. The minimum Gasteiger partial charge on any atom is -0.369 e. The summed E-state index contributed by atoms with van der Waals surface area (Å²) in [5.74, 6) is 0.158. The highest BCUT2D eigenvalue weighted by Crippen LogP contribution is 2.44. The maximum atomic E-state index is 11.6. The first-order valence-electron chi connectivity index (χ1n) is 6.43. The number of benzene rings is 1. The average Bonchev–Trinajstić information content (AvgIpc) is 2.87. The lowest BCUT2D eigenvalue weighted by molar-refractivity contribution is -0.127. The quantitative estimate of drug-likeness (QED) is 0.921. The van der Waals surface area contributed by atoms with Crippen LogP contribution in [0.3, 0.4) is 0 Å². The van der Waals surface area contributed by atoms with E-state index in [0.717, 1.165) is 12.0 Å². The van der Waals surface area contributed by atoms with E-state index in [1.165, 1.54) is 0 Å². The summed E-state index contributed by atoms with van der Waals surface area (Å²) in [4.78, 5) is 11.6. The molecule has 2 aromatic rings. The average molecular weight is 267 g/mol. The lowest BCUT2D eigenvalue weighted by Gasteiger charge is -2.35. The van der Waals surface area contributed by atoms with Crippen LogP contribution >= 0.6 is 0 Å². The summed E-state index contributed by atoms with van der Waals surface area (Å²) >= 11 is 0. The third-order valence-electron chi connectivity index (χ3n) is 3.95. The molecule has 100 valence electrons. The number of nitrogens with zero attached hydrogens (tertiary/aromatic N) is 2. The van der Waals surface area contributed by atoms with E-state index in [9.17, 15) is 4.79 Å². The summed E-state index contributed by atoms with van der Waals surface area (Å²) in [5, 5.41) is 12.9. The molecule has 0 bridgehead atoms. The van der Waals surface area contributed by atoms with Crippen LogP contribution in [-0.2, 0) is 10.2 Å². The summed E-state index contributed by atoms with van der Waals surface area (Å²) < 4.78 is 5.33. The van der Waals surface area contributed by atoms with Crippen molar-refractivity contribution in [2.45, 2.75) is 24.7 Å². The fourth-order valence-corrected chi connectivity index (χ4v) is 2.53. The highest BCUT2D eigenvalue weighted by Gasteiger charge is 2.47. The molecule has 0 spiro atoms. The van der Waals surface area contributed by atoms with E-state index in [4.69, 9.17) is 15.5 Å². The highest BCUT2D eigenvalue weighted by molar-refractivity contribution is 5.87. The van der Waals surface area contributed by atoms with Crippen molar-refractivity contribution >= 4 is 5.91 Å². The minimum atomic E-state index is -0.696. The molecular weight excluding hydrogens is 254 g/mol. The third kappa shape index (κ3) is 1.77. The van der Waals surface area contributed by atoms with Gasteiger partial charge in [-0.2, -0.15) is 5.26 Å². The topological polar surface area (TPSA) is 92.9 Å². The molecule has 1 amide bonds. The summed E-state index contributed by atoms with van der Waals surface area (Å²) in [6.45, 7) is 0. The van der Waals surface area contributed by atoms with Crippen LogP contribution in [-0.4, -0.2) is 11.1 Å². The molecule has 0 atom stereocenters. The van der Waals surface area contributed by atoms with Gasteiger partial charge >= 0.3 is 0 Å². The van der Waals surface area contributed by atoms with Gasteiger partial charge in [-0.15, -0.1) is 0 Å². The Morgan fingerprint density at radius 3 is 2.80 bits per heavy atom. The van der Waals surface area contributed by atoms with Gasteiger partial charge < -0.3 is 10.3 Å². The fraction of sp³-hybridized carbons (Fsp3) is 0.267. The summed E-state index contributed by atoms with van der Waals surface area (Å²) in [6.07, 6.45) is 2.37. The molecule has 1 saturated carbocycles. The molecule has 5 heteroatoms. The number of hydrogen-bond acceptors (Lipinski definition) is 4. The number of primary amides is 1. The zero-order chi connectivity index (χ0) is 14.2. The number of carbonyl (C=O) groups is 1. The number of rotatable bonds is 3. The number of hydrogen-bond donors (Lipinski definition) is 1. The van der Waals surface area contributed by atoms with Crippen molar-refractivity contribution in [3.8, 4) is 17.3 Å². The maximum absolute atomic E-state index is 11.6. The molecule has 20 heavy (non-hydrogen) atoms. The Balaban J connectivity index is 1.98. The van der Waals surface area contributed by atoms with E-state index in [2.05, 4.69) is 11.2 Å². The van der Waals surface area contributed by atoms with Crippen LogP contribution in [0.4, 0.5) is 0 Å². The zero-order valence-electron chi connectivity index (χ0n) is 10.8. The van der Waals surface area contributed by atoms with Gasteiger partial charge in [0.25, 0.3) is 0 Å². The number of carbonyl (C=O) groups excluding carboxylic acids is 1. The molecule has 1 aromatic carbocycles. The predicted octanol–water partition coefficient (Wildman–Crippen LogP) is 2.12. The van der Waals surface area contributed by atoms with Crippen molar-refractivity contribution in [1.29, 1.82) is 5.26 Å². The summed E-state index contributed by atoms with van der Waals surface area (Å²) in [6, 6.07) is 10.9. The molecule has 1 aromatic heterocycles. The van der Waals surface area contributed by atoms with Gasteiger partial charge in [0, 0.05) is 11.6 Å². The van der Waals surface area contributed by atoms with Gasteiger partial charge in [0.15, 0.2) is 5.76 Å². The number of amides is 1. The van der Waals surface area contributed by atoms with E-state index < -0.39 is 5.41 Å². The molecule has 1 fully saturated rings. The Hall–Kier alpha value is -2.61. The van der Waals surface area contributed by atoms with E-state index in [-0.39, 0.29) is 5.91 Å². The smallest absolute Gasteiger partial charge is 0.231 e. The highest BCUT2D eigenvalue weighted by atomic mass is 16.5. The van der Waals surface area contributed by atoms with Gasteiger partial charge in [-0.1, -0.05) is 23.7 Å². The van der Waals surface area contributed by atoms with Crippen molar-refractivity contribution in [2.75, 3.05) is 0 Å². The second-order valence-electron chi connectivity index (χ2n) is 5.07. The first kappa shape index (κ1) is 12.4. The van der Waals surface area contributed by atoms with E-state index >= 15 is 0 Å². The van der Waals surface area contributed by atoms with Crippen molar-refractivity contribution in [2.24, 2.45) is 5.73 Å². The lowest BCUT2D eigenvalue weighted by atomic mass is 9.66. The number of nitriles is 1. The minimum absolute atomic E-state index is 0.364. The molecule has 1 heterocycles. The van der Waals surface area contributed by atoms with Crippen LogP contribution in [0, 0.1) is 11.3 Å². The van der Waals surface area contributed by atoms with Crippen molar-refractivity contribution in [1.82, 2.24) is 5.16 Å². The third-order valence-corrected chi connectivity index (χ3v) is 3.95. The Labute approximate surface area is 116 Å². The molecule has 5 nitrogen and oxygen atoms in total. The number of nitrogens with two attached hydrogens (primary N) is 1. The zero-order valence-corrected chi connectivity index (χ0v) is 10.8. The Morgan fingerprint density at radius 1 is 1.40 bits per heavy atom.